The number of nitrogens with one attached hydrogen (secondary N) is 4. The van der Waals surface area contributed by atoms with Gasteiger partial charge in [-0.25, -0.2) is 9.78 Å². The normalized spacial score (nSPS) is 16.4. The number of benzene rings is 1. The Bertz CT molecular complexity index is 2140. The Morgan fingerprint density at radius 3 is 2.31 bits per heavy atom. The van der Waals surface area contributed by atoms with E-state index in [-0.39, 0.29) is 35.9 Å². The van der Waals surface area contributed by atoms with Gasteiger partial charge in [0.15, 0.2) is 0 Å². The Labute approximate surface area is 358 Å². The number of carbonyl (C=O) groups is 6. The van der Waals surface area contributed by atoms with E-state index >= 15 is 0 Å². The zero-order chi connectivity index (χ0) is 44.9. The molecule has 4 N–H and O–H groups in total. The molecule has 7 amide bonds. The number of hydrogen-bond acceptors (Lipinski definition) is 10. The number of fused-ring (bicyclic) bond motifs is 1. The number of carbonyl (C=O) groups excluding carboxylic acids is 6. The van der Waals surface area contributed by atoms with Crippen molar-refractivity contribution in [1.29, 1.82) is 0 Å². The maximum atomic E-state index is 14.3. The highest BCUT2D eigenvalue weighted by atomic mass is 16.2. The molecule has 1 fully saturated rings. The molecule has 2 aliphatic heterocycles. The van der Waals surface area contributed by atoms with E-state index in [4.69, 9.17) is 0 Å². The number of hydrogen-bond donors (Lipinski definition) is 4. The summed E-state index contributed by atoms with van der Waals surface area (Å²) in [6, 6.07) is 5.78. The van der Waals surface area contributed by atoms with Gasteiger partial charge in [0.05, 0.1) is 18.4 Å². The number of likely N-dealkylation sites (tertiary alicyclic amines) is 1. The molecule has 2 unspecified atom stereocenters. The first-order valence-corrected chi connectivity index (χ1v) is 20.8. The summed E-state index contributed by atoms with van der Waals surface area (Å²) < 4.78 is 0. The predicted molar refractivity (Wildman–Crippen MR) is 233 cm³/mol. The number of pyridine rings is 1. The standard InChI is InChI=1S/C44H61N11O6/c1-25(2)20-32(39(58)52(9)10)48-41(60)44(7,8)51-38(57)33-14-12-13-19-54(33)40(59)35(26(3)4)49-37(56)29-17-15-27(5)34(21-29)55-24-30-22-46-42(50-36(30)53(11)43(55)61)47-31-18-16-28(6)45-23-31/h15-18,21-23,25-26,32-33,35H,12-14,19-20,24H2,1-11H3,(H,48,60)(H,49,56)(H,51,57)(H,46,47,50)/t32?,33-,35?/m0/s1. The quantitative estimate of drug-likeness (QED) is 0.180. The first-order chi connectivity index (χ1) is 28.7. The minimum Gasteiger partial charge on any atom is -0.347 e. The summed E-state index contributed by atoms with van der Waals surface area (Å²) in [4.78, 5) is 102. The van der Waals surface area contributed by atoms with Gasteiger partial charge in [0.2, 0.25) is 29.6 Å². The third kappa shape index (κ3) is 10.8. The van der Waals surface area contributed by atoms with Gasteiger partial charge in [-0.05, 0) is 95.0 Å². The zero-order valence-corrected chi connectivity index (χ0v) is 37.3. The lowest BCUT2D eigenvalue weighted by atomic mass is 9.95. The monoisotopic (exact) mass is 839 g/mol. The van der Waals surface area contributed by atoms with Gasteiger partial charge in [-0.3, -0.25) is 38.8 Å². The fourth-order valence-electron chi connectivity index (χ4n) is 7.45. The summed E-state index contributed by atoms with van der Waals surface area (Å²) in [7, 11) is 4.88. The molecule has 0 aliphatic carbocycles. The molecule has 17 nitrogen and oxygen atoms in total. The minimum atomic E-state index is -1.40. The van der Waals surface area contributed by atoms with Crippen molar-refractivity contribution >= 4 is 58.7 Å². The van der Waals surface area contributed by atoms with E-state index < -0.39 is 47.3 Å². The van der Waals surface area contributed by atoms with E-state index in [1.54, 1.807) is 70.5 Å². The van der Waals surface area contributed by atoms with E-state index in [9.17, 15) is 28.8 Å². The minimum absolute atomic E-state index is 0.131. The Morgan fingerprint density at radius 1 is 0.951 bits per heavy atom. The van der Waals surface area contributed by atoms with Crippen molar-refractivity contribution in [1.82, 2.24) is 40.7 Å². The second-order valence-corrected chi connectivity index (χ2v) is 17.5. The van der Waals surface area contributed by atoms with Crippen LogP contribution in [-0.4, -0.2) is 112 Å². The molecule has 2 aromatic heterocycles. The maximum absolute atomic E-state index is 14.3. The molecule has 1 aromatic carbocycles. The van der Waals surface area contributed by atoms with E-state index in [2.05, 4.69) is 36.2 Å². The van der Waals surface area contributed by atoms with Gasteiger partial charge < -0.3 is 31.1 Å². The third-order valence-electron chi connectivity index (χ3n) is 11.0. The number of rotatable bonds is 14. The van der Waals surface area contributed by atoms with E-state index in [0.717, 1.165) is 11.3 Å². The topological polar surface area (TPSA) is 202 Å². The number of piperidine rings is 1. The van der Waals surface area contributed by atoms with Gasteiger partial charge in [0.25, 0.3) is 5.91 Å². The van der Waals surface area contributed by atoms with Crippen LogP contribution in [0.3, 0.4) is 0 Å². The molecule has 0 bridgehead atoms. The van der Waals surface area contributed by atoms with Crippen LogP contribution in [0.5, 0.6) is 0 Å². The summed E-state index contributed by atoms with van der Waals surface area (Å²) in [5, 5.41) is 11.7. The molecule has 61 heavy (non-hydrogen) atoms. The van der Waals surface area contributed by atoms with Crippen LogP contribution in [0.25, 0.3) is 0 Å². The second-order valence-electron chi connectivity index (χ2n) is 17.5. The van der Waals surface area contributed by atoms with Crippen LogP contribution in [0, 0.1) is 25.7 Å². The highest BCUT2D eigenvalue weighted by molar-refractivity contribution is 6.07. The zero-order valence-electron chi connectivity index (χ0n) is 37.3. The van der Waals surface area contributed by atoms with Crippen molar-refractivity contribution in [2.45, 2.75) is 111 Å². The highest BCUT2D eigenvalue weighted by Gasteiger charge is 2.41. The molecule has 0 saturated carbocycles. The van der Waals surface area contributed by atoms with Crippen LogP contribution in [0.2, 0.25) is 0 Å². The second kappa shape index (κ2) is 19.1. The lowest BCUT2D eigenvalue weighted by molar-refractivity contribution is -0.146. The summed E-state index contributed by atoms with van der Waals surface area (Å²) >= 11 is 0. The molecule has 3 aromatic rings. The molecule has 17 heteroatoms. The van der Waals surface area contributed by atoms with Crippen molar-refractivity contribution in [2.24, 2.45) is 11.8 Å². The Balaban J connectivity index is 1.29. The summed E-state index contributed by atoms with van der Waals surface area (Å²) in [5.41, 5.74) is 2.38. The average Bonchev–Trinajstić information content (AvgIpc) is 3.21. The molecule has 3 atom stereocenters. The molecule has 5 rings (SSSR count). The number of nitrogens with zero attached hydrogens (tertiary/aromatic N) is 7. The van der Waals surface area contributed by atoms with Gasteiger partial charge in [0, 0.05) is 56.4 Å². The summed E-state index contributed by atoms with van der Waals surface area (Å²) in [6.07, 6.45) is 5.49. The van der Waals surface area contributed by atoms with Crippen LogP contribution in [0.15, 0.2) is 42.7 Å². The average molecular weight is 840 g/mol. The highest BCUT2D eigenvalue weighted by Crippen LogP contribution is 2.33. The van der Waals surface area contributed by atoms with Crippen molar-refractivity contribution in [2.75, 3.05) is 42.8 Å². The van der Waals surface area contributed by atoms with Crippen LogP contribution in [0.4, 0.5) is 27.9 Å². The van der Waals surface area contributed by atoms with Gasteiger partial charge >= 0.3 is 6.03 Å². The smallest absolute Gasteiger partial charge is 0.330 e. The summed E-state index contributed by atoms with van der Waals surface area (Å²) in [5.74, 6) is -1.65. The Kier molecular flexibility index (Phi) is 14.4. The van der Waals surface area contributed by atoms with E-state index in [1.165, 1.54) is 14.7 Å². The van der Waals surface area contributed by atoms with Gasteiger partial charge in [-0.15, -0.1) is 0 Å². The van der Waals surface area contributed by atoms with Crippen molar-refractivity contribution < 1.29 is 28.8 Å². The summed E-state index contributed by atoms with van der Waals surface area (Å²) in [6.45, 7) is 14.9. The van der Waals surface area contributed by atoms with Crippen LogP contribution >= 0.6 is 0 Å². The number of aromatic nitrogens is 3. The maximum Gasteiger partial charge on any atom is 0.330 e. The van der Waals surface area contributed by atoms with Gasteiger partial charge in [-0.1, -0.05) is 33.8 Å². The third-order valence-corrected chi connectivity index (χ3v) is 11.0. The fourth-order valence-corrected chi connectivity index (χ4v) is 7.45. The first-order valence-electron chi connectivity index (χ1n) is 20.8. The largest absolute Gasteiger partial charge is 0.347 e. The van der Waals surface area contributed by atoms with Crippen molar-refractivity contribution in [3.8, 4) is 0 Å². The molecular formula is C44H61N11O6. The number of urea groups is 1. The molecule has 328 valence electrons. The fraction of sp³-hybridized carbons (Fsp3) is 0.523. The molecule has 1 saturated heterocycles. The molecule has 2 aliphatic rings. The molecular weight excluding hydrogens is 779 g/mol. The van der Waals surface area contributed by atoms with Gasteiger partial charge in [0.1, 0.15) is 29.5 Å². The lowest BCUT2D eigenvalue weighted by Crippen LogP contribution is -2.64. The van der Waals surface area contributed by atoms with E-state index in [0.29, 0.717) is 60.9 Å². The number of anilines is 4. The van der Waals surface area contributed by atoms with Crippen molar-refractivity contribution in [3.63, 3.8) is 0 Å². The Hall–Kier alpha value is -6.13. The van der Waals surface area contributed by atoms with E-state index in [1.807, 2.05) is 53.7 Å². The van der Waals surface area contributed by atoms with Crippen LogP contribution in [0.1, 0.15) is 94.4 Å². The van der Waals surface area contributed by atoms with Crippen LogP contribution in [-0.2, 0) is 25.7 Å². The number of likely N-dealkylation sites (N-methyl/N-ethyl adjacent to an activating group) is 1. The number of aryl methyl sites for hydroxylation is 2. The van der Waals surface area contributed by atoms with Crippen molar-refractivity contribution in [3.05, 3.63) is 65.1 Å². The predicted octanol–water partition coefficient (Wildman–Crippen LogP) is 4.46. The van der Waals surface area contributed by atoms with Crippen LogP contribution < -0.4 is 31.1 Å². The number of amides is 7. The van der Waals surface area contributed by atoms with Gasteiger partial charge in [-0.2, -0.15) is 4.98 Å². The Morgan fingerprint density at radius 2 is 1.67 bits per heavy atom. The lowest BCUT2D eigenvalue weighted by Gasteiger charge is -2.39. The molecule has 0 spiro atoms. The molecule has 0 radical (unpaired) electrons. The molecule has 4 heterocycles. The first kappa shape index (κ1) is 45.9. The SMILES string of the molecule is Cc1ccc(Nc2ncc3c(n2)N(C)C(=O)N(c2cc(C(=O)NC(C(=O)N4CCCC[C@H]4C(=O)NC(C)(C)C(=O)NC(CC(C)C)C(=O)N(C)C)C(C)C)ccc2C)C3)cn1.